The number of likely N-dealkylation sites (tertiary alicyclic amines) is 1. The second-order valence-corrected chi connectivity index (χ2v) is 8.10. The summed E-state index contributed by atoms with van der Waals surface area (Å²) in [4.78, 5) is 16.6. The third kappa shape index (κ3) is 5.73. The van der Waals surface area contributed by atoms with Crippen LogP contribution in [0.25, 0.3) is 0 Å². The number of piperidine rings is 1. The van der Waals surface area contributed by atoms with Gasteiger partial charge in [-0.2, -0.15) is 15.0 Å². The molecule has 1 N–H and O–H groups in total. The number of para-hydroxylation sites is 1. The van der Waals surface area contributed by atoms with Crippen LogP contribution in [0.1, 0.15) is 62.6 Å². The summed E-state index contributed by atoms with van der Waals surface area (Å²) in [6.07, 6.45) is 3.35. The van der Waals surface area contributed by atoms with Gasteiger partial charge in [-0.15, -0.1) is 0 Å². The Balaban J connectivity index is 0.00000141. The maximum atomic E-state index is 13.1. The first-order valence-electron chi connectivity index (χ1n) is 11.2. The molecule has 1 fully saturated rings. The molecule has 1 unspecified atom stereocenters. The van der Waals surface area contributed by atoms with Crippen molar-refractivity contribution in [2.45, 2.75) is 52.2 Å². The van der Waals surface area contributed by atoms with Gasteiger partial charge in [0, 0.05) is 18.7 Å². The van der Waals surface area contributed by atoms with E-state index in [1.165, 1.54) is 0 Å². The first-order valence-corrected chi connectivity index (χ1v) is 11.2. The highest BCUT2D eigenvalue weighted by molar-refractivity contribution is 5.94. The molecule has 1 amide bonds. The number of rotatable bonds is 5. The molecule has 1 aliphatic heterocycles. The largest absolute Gasteiger partial charge is 0.457 e. The molecule has 2 aromatic carbocycles. The van der Waals surface area contributed by atoms with E-state index in [1.807, 2.05) is 67.3 Å². The molecule has 0 radical (unpaired) electrons. The van der Waals surface area contributed by atoms with Crippen molar-refractivity contribution in [3.8, 4) is 11.5 Å². The molecule has 2 heterocycles. The number of amides is 1. The standard InChI is InChI=1S/C23H26N4O3.C2H6/c1-23(2,29)21-15-24-27(25-21)18-9-7-13-26(16-18)22(28)17-8-6-12-20(14-17)30-19-10-4-3-5-11-19;1-2/h3-6,8,10-12,14-15,18,29H,7,9,13,16H2,1-2H3;1-2H3. The topological polar surface area (TPSA) is 80.5 Å². The lowest BCUT2D eigenvalue weighted by Gasteiger charge is -2.32. The van der Waals surface area contributed by atoms with Crippen LogP contribution < -0.4 is 4.74 Å². The number of aromatic nitrogens is 3. The van der Waals surface area contributed by atoms with Gasteiger partial charge in [-0.25, -0.2) is 0 Å². The predicted molar refractivity (Wildman–Crippen MR) is 124 cm³/mol. The fraction of sp³-hybridized carbons (Fsp3) is 0.400. The van der Waals surface area contributed by atoms with Gasteiger partial charge in [-0.05, 0) is 57.0 Å². The van der Waals surface area contributed by atoms with Gasteiger partial charge < -0.3 is 14.7 Å². The van der Waals surface area contributed by atoms with Crippen LogP contribution in [0, 0.1) is 0 Å². The summed E-state index contributed by atoms with van der Waals surface area (Å²) in [5, 5.41) is 18.9. The number of aliphatic hydroxyl groups is 1. The third-order valence-corrected chi connectivity index (χ3v) is 5.21. The zero-order valence-corrected chi connectivity index (χ0v) is 19.2. The van der Waals surface area contributed by atoms with Crippen molar-refractivity contribution >= 4 is 5.91 Å². The smallest absolute Gasteiger partial charge is 0.254 e. The van der Waals surface area contributed by atoms with Crippen molar-refractivity contribution in [3.05, 3.63) is 72.1 Å². The zero-order valence-electron chi connectivity index (χ0n) is 19.2. The quantitative estimate of drug-likeness (QED) is 0.621. The lowest BCUT2D eigenvalue weighted by Crippen LogP contribution is -2.41. The van der Waals surface area contributed by atoms with E-state index in [0.717, 1.165) is 18.6 Å². The minimum atomic E-state index is -1.04. The molecule has 32 heavy (non-hydrogen) atoms. The maximum absolute atomic E-state index is 13.1. The van der Waals surface area contributed by atoms with Gasteiger partial charge in [0.15, 0.2) is 0 Å². The van der Waals surface area contributed by atoms with Crippen molar-refractivity contribution in [2.24, 2.45) is 0 Å². The van der Waals surface area contributed by atoms with E-state index in [4.69, 9.17) is 4.74 Å². The van der Waals surface area contributed by atoms with E-state index >= 15 is 0 Å². The number of hydrogen-bond donors (Lipinski definition) is 1. The van der Waals surface area contributed by atoms with Gasteiger partial charge in [0.2, 0.25) is 0 Å². The second-order valence-electron chi connectivity index (χ2n) is 8.10. The van der Waals surface area contributed by atoms with Crippen LogP contribution in [0.15, 0.2) is 60.8 Å². The Morgan fingerprint density at radius 3 is 2.50 bits per heavy atom. The van der Waals surface area contributed by atoms with Crippen LogP contribution in [0.5, 0.6) is 11.5 Å². The molecule has 7 heteroatoms. The summed E-state index contributed by atoms with van der Waals surface area (Å²) < 4.78 is 5.86. The second kappa shape index (κ2) is 10.4. The highest BCUT2D eigenvalue weighted by Crippen LogP contribution is 2.26. The number of carbonyl (C=O) groups is 1. The number of ether oxygens (including phenoxy) is 1. The van der Waals surface area contributed by atoms with E-state index < -0.39 is 5.60 Å². The molecule has 7 nitrogen and oxygen atoms in total. The van der Waals surface area contributed by atoms with E-state index in [1.54, 1.807) is 30.9 Å². The SMILES string of the molecule is CC.CC(C)(O)c1cnn(C2CCCN(C(=O)c3cccc(Oc4ccccc4)c3)C2)n1. The van der Waals surface area contributed by atoms with Crippen LogP contribution in [-0.2, 0) is 5.60 Å². The lowest BCUT2D eigenvalue weighted by atomic mass is 10.0. The van der Waals surface area contributed by atoms with E-state index in [2.05, 4.69) is 10.2 Å². The molecule has 1 aromatic heterocycles. The average Bonchev–Trinajstić information content (AvgIpc) is 3.32. The van der Waals surface area contributed by atoms with Gasteiger partial charge >= 0.3 is 0 Å². The normalized spacial score (nSPS) is 16.2. The third-order valence-electron chi connectivity index (χ3n) is 5.21. The Kier molecular flexibility index (Phi) is 7.64. The number of nitrogens with zero attached hydrogens (tertiary/aromatic N) is 4. The summed E-state index contributed by atoms with van der Waals surface area (Å²) >= 11 is 0. The highest BCUT2D eigenvalue weighted by atomic mass is 16.5. The first kappa shape index (κ1) is 23.5. The van der Waals surface area contributed by atoms with E-state index in [-0.39, 0.29) is 11.9 Å². The Labute approximate surface area is 189 Å². The van der Waals surface area contributed by atoms with Crippen LogP contribution in [0.4, 0.5) is 0 Å². The predicted octanol–water partition coefficient (Wildman–Crippen LogP) is 4.80. The molecule has 0 aliphatic carbocycles. The summed E-state index contributed by atoms with van der Waals surface area (Å²) in [6.45, 7) is 8.59. The molecule has 4 rings (SSSR count). The lowest BCUT2D eigenvalue weighted by molar-refractivity contribution is 0.0640. The molecule has 1 atom stereocenters. The Bertz CT molecular complexity index is 1010. The van der Waals surface area contributed by atoms with Crippen molar-refractivity contribution in [3.63, 3.8) is 0 Å². The summed E-state index contributed by atoms with van der Waals surface area (Å²) in [7, 11) is 0. The van der Waals surface area contributed by atoms with Crippen molar-refractivity contribution < 1.29 is 14.6 Å². The summed E-state index contributed by atoms with van der Waals surface area (Å²) in [5.41, 5.74) is 0.0770. The molecule has 170 valence electrons. The molecular formula is C25H32N4O3. The van der Waals surface area contributed by atoms with Gasteiger partial charge in [0.05, 0.1) is 12.2 Å². The highest BCUT2D eigenvalue weighted by Gasteiger charge is 2.28. The van der Waals surface area contributed by atoms with Crippen LogP contribution in [0.2, 0.25) is 0 Å². The number of benzene rings is 2. The van der Waals surface area contributed by atoms with Crippen LogP contribution >= 0.6 is 0 Å². The molecule has 0 spiro atoms. The fourth-order valence-corrected chi connectivity index (χ4v) is 3.56. The molecule has 1 aliphatic rings. The van der Waals surface area contributed by atoms with Gasteiger partial charge in [-0.3, -0.25) is 4.79 Å². The number of carbonyl (C=O) groups excluding carboxylic acids is 1. The molecule has 3 aromatic rings. The Morgan fingerprint density at radius 1 is 1.09 bits per heavy atom. The molecular weight excluding hydrogens is 404 g/mol. The van der Waals surface area contributed by atoms with Crippen molar-refractivity contribution in [2.75, 3.05) is 13.1 Å². The van der Waals surface area contributed by atoms with Crippen LogP contribution in [-0.4, -0.2) is 44.0 Å². The summed E-state index contributed by atoms with van der Waals surface area (Å²) in [5.74, 6) is 1.32. The van der Waals surface area contributed by atoms with Gasteiger partial charge in [-0.1, -0.05) is 38.1 Å². The molecule has 1 saturated heterocycles. The minimum absolute atomic E-state index is 0.0115. The minimum Gasteiger partial charge on any atom is -0.457 e. The Morgan fingerprint density at radius 2 is 1.81 bits per heavy atom. The first-order chi connectivity index (χ1) is 15.4. The Hall–Kier alpha value is -3.19. The van der Waals surface area contributed by atoms with Gasteiger partial charge in [0.25, 0.3) is 5.91 Å². The number of hydrogen-bond acceptors (Lipinski definition) is 5. The van der Waals surface area contributed by atoms with Gasteiger partial charge in [0.1, 0.15) is 22.8 Å². The monoisotopic (exact) mass is 436 g/mol. The molecule has 0 saturated carbocycles. The van der Waals surface area contributed by atoms with Crippen molar-refractivity contribution in [1.82, 2.24) is 19.9 Å². The zero-order chi connectivity index (χ0) is 23.1. The van der Waals surface area contributed by atoms with Crippen molar-refractivity contribution in [1.29, 1.82) is 0 Å². The molecule has 0 bridgehead atoms. The fourth-order valence-electron chi connectivity index (χ4n) is 3.56. The van der Waals surface area contributed by atoms with E-state index in [9.17, 15) is 9.90 Å². The summed E-state index contributed by atoms with van der Waals surface area (Å²) in [6, 6.07) is 16.7. The maximum Gasteiger partial charge on any atom is 0.254 e. The van der Waals surface area contributed by atoms with E-state index in [0.29, 0.717) is 30.1 Å². The average molecular weight is 437 g/mol. The van der Waals surface area contributed by atoms with Crippen LogP contribution in [0.3, 0.4) is 0 Å².